The molecule has 0 unspecified atom stereocenters. The molecule has 2 aromatic heterocycles. The molecule has 68 valence electrons. The summed E-state index contributed by atoms with van der Waals surface area (Å²) in [6.07, 6.45) is 3.48. The Balaban J connectivity index is 2.31. The van der Waals surface area contributed by atoms with Gasteiger partial charge in [0.1, 0.15) is 0 Å². The molecule has 0 spiro atoms. The molecule has 2 rings (SSSR count). The summed E-state index contributed by atoms with van der Waals surface area (Å²) in [6.45, 7) is 7.11. The Morgan fingerprint density at radius 1 is 1.36 bits per heavy atom. The Labute approximate surface area is 85.9 Å². The molecule has 0 amide bonds. The van der Waals surface area contributed by atoms with E-state index in [0.29, 0.717) is 6.54 Å². The van der Waals surface area contributed by atoms with Crippen molar-refractivity contribution >= 4 is 11.3 Å². The van der Waals surface area contributed by atoms with Crippen LogP contribution < -0.4 is 0 Å². The average Bonchev–Trinajstić information content (AvgIpc) is 2.68. The topological polar surface area (TPSA) is 30.1 Å². The third-order valence-electron chi connectivity index (χ3n) is 1.74. The summed E-state index contributed by atoms with van der Waals surface area (Å²) in [4.78, 5) is 11.6. The van der Waals surface area contributed by atoms with Crippen molar-refractivity contribution in [3.63, 3.8) is 0 Å². The molecule has 2 aromatic rings. The fourth-order valence-corrected chi connectivity index (χ4v) is 1.83. The van der Waals surface area contributed by atoms with Gasteiger partial charge in [0.05, 0.1) is 5.69 Å². The van der Waals surface area contributed by atoms with Crippen molar-refractivity contribution in [1.82, 2.24) is 9.97 Å². The van der Waals surface area contributed by atoms with Gasteiger partial charge in [-0.3, -0.25) is 4.98 Å². The van der Waals surface area contributed by atoms with Gasteiger partial charge >= 0.3 is 0 Å². The van der Waals surface area contributed by atoms with E-state index >= 15 is 0 Å². The minimum atomic E-state index is 0.371. The lowest BCUT2D eigenvalue weighted by Gasteiger charge is -1.92. The highest BCUT2D eigenvalue weighted by Crippen LogP contribution is 2.21. The summed E-state index contributed by atoms with van der Waals surface area (Å²) >= 11 is 1.52. The molecular formula is C10H7N3S. The molecule has 3 nitrogen and oxygen atoms in total. The summed E-state index contributed by atoms with van der Waals surface area (Å²) in [7, 11) is 0. The zero-order chi connectivity index (χ0) is 9.80. The molecule has 14 heavy (non-hydrogen) atoms. The van der Waals surface area contributed by atoms with Gasteiger partial charge in [-0.15, -0.1) is 11.3 Å². The first-order valence-corrected chi connectivity index (χ1v) is 4.96. The van der Waals surface area contributed by atoms with Gasteiger partial charge in [-0.1, -0.05) is 0 Å². The maximum atomic E-state index is 6.74. The normalized spacial score (nSPS) is 9.64. The van der Waals surface area contributed by atoms with Gasteiger partial charge in [0.25, 0.3) is 6.54 Å². The molecule has 0 aliphatic heterocycles. The predicted octanol–water partition coefficient (Wildman–Crippen LogP) is 2.62. The zero-order valence-electron chi connectivity index (χ0n) is 7.34. The van der Waals surface area contributed by atoms with Gasteiger partial charge in [-0.2, -0.15) is 0 Å². The molecule has 0 radical (unpaired) electrons. The first kappa shape index (κ1) is 8.85. The van der Waals surface area contributed by atoms with E-state index in [4.69, 9.17) is 6.57 Å². The van der Waals surface area contributed by atoms with Gasteiger partial charge in [0.2, 0.25) is 0 Å². The van der Waals surface area contributed by atoms with Gasteiger partial charge in [-0.05, 0) is 12.1 Å². The number of aromatic nitrogens is 2. The molecule has 0 fully saturated rings. The van der Waals surface area contributed by atoms with E-state index in [9.17, 15) is 0 Å². The van der Waals surface area contributed by atoms with Gasteiger partial charge < -0.3 is 4.85 Å². The number of rotatable bonds is 2. The summed E-state index contributed by atoms with van der Waals surface area (Å²) < 4.78 is 0. The van der Waals surface area contributed by atoms with Crippen molar-refractivity contribution in [3.8, 4) is 11.3 Å². The lowest BCUT2D eigenvalue weighted by molar-refractivity contribution is 1.18. The third-order valence-corrected chi connectivity index (χ3v) is 2.58. The Hall–Kier alpha value is -1.73. The molecule has 0 atom stereocenters. The Kier molecular flexibility index (Phi) is 2.52. The molecule has 0 aliphatic rings. The van der Waals surface area contributed by atoms with Gasteiger partial charge in [0, 0.05) is 23.3 Å². The largest absolute Gasteiger partial charge is 0.309 e. The van der Waals surface area contributed by atoms with Crippen LogP contribution in [-0.2, 0) is 6.54 Å². The van der Waals surface area contributed by atoms with E-state index in [1.807, 2.05) is 17.5 Å². The zero-order valence-corrected chi connectivity index (χ0v) is 8.16. The second-order valence-corrected chi connectivity index (χ2v) is 3.62. The van der Waals surface area contributed by atoms with Crippen LogP contribution in [0.4, 0.5) is 0 Å². The van der Waals surface area contributed by atoms with Crippen LogP contribution in [0.15, 0.2) is 29.9 Å². The number of hydrogen-bond donors (Lipinski definition) is 0. The van der Waals surface area contributed by atoms with Crippen molar-refractivity contribution in [1.29, 1.82) is 0 Å². The highest BCUT2D eigenvalue weighted by atomic mass is 32.1. The van der Waals surface area contributed by atoms with E-state index in [1.165, 1.54) is 11.3 Å². The monoisotopic (exact) mass is 201 g/mol. The molecule has 0 aliphatic carbocycles. The van der Waals surface area contributed by atoms with Crippen LogP contribution in [0.25, 0.3) is 16.1 Å². The number of hydrogen-bond acceptors (Lipinski definition) is 3. The SMILES string of the molecule is [C-]#[N+]Cc1nc(-c2ccncc2)cs1. The number of thiazole rings is 1. The summed E-state index contributed by atoms with van der Waals surface area (Å²) in [5.74, 6) is 0. The van der Waals surface area contributed by atoms with E-state index in [1.54, 1.807) is 12.4 Å². The summed E-state index contributed by atoms with van der Waals surface area (Å²) in [6, 6.07) is 3.83. The van der Waals surface area contributed by atoms with Crippen LogP contribution >= 0.6 is 11.3 Å². The molecule has 0 bridgehead atoms. The molecule has 0 saturated heterocycles. The maximum absolute atomic E-state index is 6.74. The Morgan fingerprint density at radius 3 is 2.86 bits per heavy atom. The second kappa shape index (κ2) is 3.99. The minimum absolute atomic E-state index is 0.371. The van der Waals surface area contributed by atoms with Crippen LogP contribution in [0.5, 0.6) is 0 Å². The quantitative estimate of drug-likeness (QED) is 0.699. The molecular weight excluding hydrogens is 194 g/mol. The highest BCUT2D eigenvalue weighted by molar-refractivity contribution is 7.09. The van der Waals surface area contributed by atoms with Crippen LogP contribution in [0.2, 0.25) is 0 Å². The van der Waals surface area contributed by atoms with Crippen molar-refractivity contribution in [3.05, 3.63) is 46.3 Å². The van der Waals surface area contributed by atoms with Crippen LogP contribution in [0.1, 0.15) is 5.01 Å². The lowest BCUT2D eigenvalue weighted by Crippen LogP contribution is -1.80. The fraction of sp³-hybridized carbons (Fsp3) is 0.100. The second-order valence-electron chi connectivity index (χ2n) is 2.68. The molecule has 0 saturated carbocycles. The highest BCUT2D eigenvalue weighted by Gasteiger charge is 2.04. The van der Waals surface area contributed by atoms with Crippen molar-refractivity contribution in [2.75, 3.05) is 0 Å². The van der Waals surface area contributed by atoms with Crippen molar-refractivity contribution in [2.45, 2.75) is 6.54 Å². The smallest absolute Gasteiger partial charge is 0.265 e. The van der Waals surface area contributed by atoms with Crippen LogP contribution in [0.3, 0.4) is 0 Å². The minimum Gasteiger partial charge on any atom is -0.309 e. The molecule has 2 heterocycles. The first-order chi connectivity index (χ1) is 6.90. The summed E-state index contributed by atoms with van der Waals surface area (Å²) in [5.41, 5.74) is 1.98. The van der Waals surface area contributed by atoms with Crippen molar-refractivity contribution < 1.29 is 0 Å². The third kappa shape index (κ3) is 1.78. The van der Waals surface area contributed by atoms with Crippen molar-refractivity contribution in [2.24, 2.45) is 0 Å². The standard InChI is InChI=1S/C10H7N3S/c1-11-6-10-13-9(7-14-10)8-2-4-12-5-3-8/h2-5,7H,6H2. The van der Waals surface area contributed by atoms with Gasteiger partial charge in [-0.25, -0.2) is 11.6 Å². The van der Waals surface area contributed by atoms with Crippen LogP contribution in [-0.4, -0.2) is 9.97 Å². The summed E-state index contributed by atoms with van der Waals surface area (Å²) in [5, 5.41) is 2.84. The molecule has 4 heteroatoms. The predicted molar refractivity (Wildman–Crippen MR) is 55.7 cm³/mol. The molecule has 0 aromatic carbocycles. The first-order valence-electron chi connectivity index (χ1n) is 4.08. The average molecular weight is 201 g/mol. The number of nitrogens with zero attached hydrogens (tertiary/aromatic N) is 3. The lowest BCUT2D eigenvalue weighted by atomic mass is 10.2. The van der Waals surface area contributed by atoms with E-state index in [-0.39, 0.29) is 0 Å². The maximum Gasteiger partial charge on any atom is 0.265 e. The van der Waals surface area contributed by atoms with Crippen LogP contribution in [0, 0.1) is 6.57 Å². The Bertz CT molecular complexity index is 456. The molecule has 0 N–H and O–H groups in total. The number of pyridine rings is 1. The van der Waals surface area contributed by atoms with E-state index < -0.39 is 0 Å². The fourth-order valence-electron chi connectivity index (χ4n) is 1.11. The van der Waals surface area contributed by atoms with E-state index in [0.717, 1.165) is 16.3 Å². The van der Waals surface area contributed by atoms with Gasteiger partial charge in [0.15, 0.2) is 5.01 Å². The van der Waals surface area contributed by atoms with E-state index in [2.05, 4.69) is 14.8 Å². The Morgan fingerprint density at radius 2 is 2.14 bits per heavy atom.